The molecule has 24 heavy (non-hydrogen) atoms. The molecular weight excluding hydrogens is 304 g/mol. The molecule has 2 aromatic rings. The van der Waals surface area contributed by atoms with Crippen LogP contribution >= 0.6 is 0 Å². The second-order valence-electron chi connectivity index (χ2n) is 6.07. The molecule has 5 nitrogen and oxygen atoms in total. The SMILES string of the molecule is Cc1cc(C)c(NCCC(=O)Nc2ccc3c(c2)OCO3)c(C)c1. The molecule has 0 saturated heterocycles. The van der Waals surface area contributed by atoms with Crippen molar-refractivity contribution in [3.63, 3.8) is 0 Å². The van der Waals surface area contributed by atoms with Crippen LogP contribution in [-0.2, 0) is 4.79 Å². The van der Waals surface area contributed by atoms with Gasteiger partial charge in [0.25, 0.3) is 0 Å². The number of carbonyl (C=O) groups is 1. The van der Waals surface area contributed by atoms with Crippen molar-refractivity contribution in [2.45, 2.75) is 27.2 Å². The topological polar surface area (TPSA) is 59.6 Å². The van der Waals surface area contributed by atoms with Gasteiger partial charge in [0.15, 0.2) is 11.5 Å². The summed E-state index contributed by atoms with van der Waals surface area (Å²) >= 11 is 0. The van der Waals surface area contributed by atoms with Crippen LogP contribution in [0.3, 0.4) is 0 Å². The van der Waals surface area contributed by atoms with Gasteiger partial charge in [-0.25, -0.2) is 0 Å². The Bertz CT molecular complexity index is 748. The summed E-state index contributed by atoms with van der Waals surface area (Å²) in [6.45, 7) is 7.06. The average molecular weight is 326 g/mol. The first kappa shape index (κ1) is 16.2. The number of carbonyl (C=O) groups excluding carboxylic acids is 1. The molecule has 1 heterocycles. The first-order valence-corrected chi connectivity index (χ1v) is 8.04. The quantitative estimate of drug-likeness (QED) is 0.878. The molecule has 0 atom stereocenters. The van der Waals surface area contributed by atoms with Crippen LogP contribution in [0.2, 0.25) is 0 Å². The van der Waals surface area contributed by atoms with E-state index in [1.54, 1.807) is 12.1 Å². The summed E-state index contributed by atoms with van der Waals surface area (Å²) in [5.41, 5.74) is 5.46. The minimum atomic E-state index is -0.0382. The number of nitrogens with one attached hydrogen (secondary N) is 2. The van der Waals surface area contributed by atoms with Crippen LogP contribution in [0.1, 0.15) is 23.1 Å². The normalized spacial score (nSPS) is 12.1. The molecule has 5 heteroatoms. The van der Waals surface area contributed by atoms with Gasteiger partial charge in [0.2, 0.25) is 12.7 Å². The van der Waals surface area contributed by atoms with Crippen molar-refractivity contribution in [3.8, 4) is 11.5 Å². The second kappa shape index (κ2) is 6.83. The van der Waals surface area contributed by atoms with Crippen molar-refractivity contribution < 1.29 is 14.3 Å². The van der Waals surface area contributed by atoms with Crippen molar-refractivity contribution >= 4 is 17.3 Å². The number of hydrogen-bond donors (Lipinski definition) is 2. The molecule has 0 spiro atoms. The Labute approximate surface area is 142 Å². The van der Waals surface area contributed by atoms with E-state index in [-0.39, 0.29) is 12.7 Å². The van der Waals surface area contributed by atoms with E-state index in [1.165, 1.54) is 16.7 Å². The lowest BCUT2D eigenvalue weighted by Gasteiger charge is -2.14. The number of hydrogen-bond acceptors (Lipinski definition) is 4. The molecule has 2 N–H and O–H groups in total. The highest BCUT2D eigenvalue weighted by Crippen LogP contribution is 2.34. The first-order chi connectivity index (χ1) is 11.5. The monoisotopic (exact) mass is 326 g/mol. The number of aryl methyl sites for hydroxylation is 3. The third kappa shape index (κ3) is 3.62. The molecule has 0 bridgehead atoms. The van der Waals surface area contributed by atoms with E-state index in [0.717, 1.165) is 5.69 Å². The van der Waals surface area contributed by atoms with Gasteiger partial charge < -0.3 is 20.1 Å². The van der Waals surface area contributed by atoms with E-state index in [4.69, 9.17) is 9.47 Å². The number of rotatable bonds is 5. The highest BCUT2D eigenvalue weighted by Gasteiger charge is 2.14. The van der Waals surface area contributed by atoms with Gasteiger partial charge in [-0.15, -0.1) is 0 Å². The zero-order valence-electron chi connectivity index (χ0n) is 14.2. The lowest BCUT2D eigenvalue weighted by atomic mass is 10.1. The highest BCUT2D eigenvalue weighted by molar-refractivity contribution is 5.91. The van der Waals surface area contributed by atoms with Crippen molar-refractivity contribution in [1.29, 1.82) is 0 Å². The molecule has 0 radical (unpaired) electrons. The van der Waals surface area contributed by atoms with Crippen LogP contribution in [0.25, 0.3) is 0 Å². The van der Waals surface area contributed by atoms with Crippen LogP contribution in [0.15, 0.2) is 30.3 Å². The summed E-state index contributed by atoms with van der Waals surface area (Å²) in [6, 6.07) is 9.67. The van der Waals surface area contributed by atoms with Crippen LogP contribution in [-0.4, -0.2) is 19.2 Å². The van der Waals surface area contributed by atoms with E-state index >= 15 is 0 Å². The molecule has 0 saturated carbocycles. The molecule has 3 rings (SSSR count). The third-order valence-electron chi connectivity index (χ3n) is 3.99. The van der Waals surface area contributed by atoms with Gasteiger partial charge in [-0.05, 0) is 44.0 Å². The van der Waals surface area contributed by atoms with Crippen LogP contribution in [0.4, 0.5) is 11.4 Å². The molecule has 2 aromatic carbocycles. The molecule has 0 unspecified atom stereocenters. The van der Waals surface area contributed by atoms with Crippen LogP contribution in [0, 0.1) is 20.8 Å². The zero-order chi connectivity index (χ0) is 17.1. The molecule has 0 aliphatic carbocycles. The molecule has 1 aliphatic heterocycles. The molecule has 1 aliphatic rings. The third-order valence-corrected chi connectivity index (χ3v) is 3.99. The van der Waals surface area contributed by atoms with Gasteiger partial charge in [-0.1, -0.05) is 17.7 Å². The Morgan fingerprint density at radius 2 is 1.75 bits per heavy atom. The zero-order valence-corrected chi connectivity index (χ0v) is 14.2. The number of fused-ring (bicyclic) bond motifs is 1. The average Bonchev–Trinajstić information content (AvgIpc) is 2.97. The van der Waals surface area contributed by atoms with Crippen molar-refractivity contribution in [2.75, 3.05) is 24.0 Å². The number of anilines is 2. The minimum Gasteiger partial charge on any atom is -0.454 e. The fourth-order valence-corrected chi connectivity index (χ4v) is 2.96. The summed E-state index contributed by atoms with van der Waals surface area (Å²) in [5.74, 6) is 1.33. The van der Waals surface area contributed by atoms with Crippen molar-refractivity contribution in [3.05, 3.63) is 47.0 Å². The first-order valence-electron chi connectivity index (χ1n) is 8.04. The molecule has 0 aromatic heterocycles. The van der Waals surface area contributed by atoms with E-state index in [2.05, 4.69) is 43.5 Å². The maximum absolute atomic E-state index is 12.1. The summed E-state index contributed by atoms with van der Waals surface area (Å²) in [4.78, 5) is 12.1. The van der Waals surface area contributed by atoms with Gasteiger partial charge in [-0.2, -0.15) is 0 Å². The lowest BCUT2D eigenvalue weighted by Crippen LogP contribution is -2.16. The predicted molar refractivity (Wildman–Crippen MR) is 95.0 cm³/mol. The molecule has 1 amide bonds. The summed E-state index contributed by atoms with van der Waals surface area (Å²) < 4.78 is 10.6. The van der Waals surface area contributed by atoms with Gasteiger partial charge in [0.05, 0.1) is 0 Å². The highest BCUT2D eigenvalue weighted by atomic mass is 16.7. The van der Waals surface area contributed by atoms with Gasteiger partial charge in [-0.3, -0.25) is 4.79 Å². The standard InChI is InChI=1S/C19H22N2O3/c1-12-8-13(2)19(14(3)9-12)20-7-6-18(22)21-15-4-5-16-17(10-15)24-11-23-16/h4-5,8-10,20H,6-7,11H2,1-3H3,(H,21,22). The molecule has 0 fully saturated rings. The fourth-order valence-electron chi connectivity index (χ4n) is 2.96. The van der Waals surface area contributed by atoms with Crippen LogP contribution < -0.4 is 20.1 Å². The summed E-state index contributed by atoms with van der Waals surface area (Å²) in [6.07, 6.45) is 0.390. The molecular formula is C19H22N2O3. The largest absolute Gasteiger partial charge is 0.454 e. The number of amides is 1. The van der Waals surface area contributed by atoms with Gasteiger partial charge in [0.1, 0.15) is 0 Å². The minimum absolute atomic E-state index is 0.0382. The Balaban J connectivity index is 1.53. The Kier molecular flexibility index (Phi) is 4.60. The smallest absolute Gasteiger partial charge is 0.231 e. The van der Waals surface area contributed by atoms with E-state index in [1.807, 2.05) is 6.07 Å². The maximum atomic E-state index is 12.1. The predicted octanol–water partition coefficient (Wildman–Crippen LogP) is 3.78. The van der Waals surface area contributed by atoms with Crippen molar-refractivity contribution in [2.24, 2.45) is 0 Å². The van der Waals surface area contributed by atoms with Gasteiger partial charge >= 0.3 is 0 Å². The second-order valence-corrected chi connectivity index (χ2v) is 6.07. The fraction of sp³-hybridized carbons (Fsp3) is 0.316. The van der Waals surface area contributed by atoms with Crippen molar-refractivity contribution in [1.82, 2.24) is 0 Å². The lowest BCUT2D eigenvalue weighted by molar-refractivity contribution is -0.115. The number of ether oxygens (including phenoxy) is 2. The van der Waals surface area contributed by atoms with E-state index < -0.39 is 0 Å². The summed E-state index contributed by atoms with van der Waals surface area (Å²) in [7, 11) is 0. The van der Waals surface area contributed by atoms with E-state index in [9.17, 15) is 4.79 Å². The Hall–Kier alpha value is -2.69. The summed E-state index contributed by atoms with van der Waals surface area (Å²) in [5, 5.41) is 6.24. The van der Waals surface area contributed by atoms with E-state index in [0.29, 0.717) is 30.2 Å². The van der Waals surface area contributed by atoms with Gasteiger partial charge in [0, 0.05) is 30.4 Å². The number of benzene rings is 2. The molecule has 126 valence electrons. The Morgan fingerprint density at radius 1 is 1.04 bits per heavy atom. The Morgan fingerprint density at radius 3 is 2.50 bits per heavy atom. The van der Waals surface area contributed by atoms with Crippen LogP contribution in [0.5, 0.6) is 11.5 Å². The maximum Gasteiger partial charge on any atom is 0.231 e.